The molecule has 20 heavy (non-hydrogen) atoms. The van der Waals surface area contributed by atoms with Gasteiger partial charge in [0, 0.05) is 16.1 Å². The van der Waals surface area contributed by atoms with Crippen LogP contribution in [0, 0.1) is 11.8 Å². The summed E-state index contributed by atoms with van der Waals surface area (Å²) in [6.45, 7) is 0. The summed E-state index contributed by atoms with van der Waals surface area (Å²) in [5, 5.41) is 10.0. The first-order chi connectivity index (χ1) is 9.60. The van der Waals surface area contributed by atoms with Gasteiger partial charge in [-0.25, -0.2) is 0 Å². The molecule has 0 spiro atoms. The van der Waals surface area contributed by atoms with E-state index in [0.717, 1.165) is 0 Å². The molecule has 1 N–H and O–H groups in total. The molecule has 0 aromatic heterocycles. The summed E-state index contributed by atoms with van der Waals surface area (Å²) in [5.74, 6) is 5.32. The Balaban J connectivity index is 2.22. The lowest BCUT2D eigenvalue weighted by molar-refractivity contribution is 0.105. The molecule has 0 atom stereocenters. The molecule has 0 aliphatic heterocycles. The van der Waals surface area contributed by atoms with Gasteiger partial charge < -0.3 is 9.84 Å². The molecule has 4 heteroatoms. The molecule has 0 aliphatic rings. The van der Waals surface area contributed by atoms with E-state index in [9.17, 15) is 9.90 Å². The first-order valence-corrected chi connectivity index (χ1v) is 6.17. The molecular weight excluding hydrogens is 276 g/mol. The Hall–Kier alpha value is -2.44. The van der Waals surface area contributed by atoms with Gasteiger partial charge in [0.15, 0.2) is 11.5 Å². The Bertz CT molecular complexity index is 694. The van der Waals surface area contributed by atoms with E-state index in [4.69, 9.17) is 16.3 Å². The van der Waals surface area contributed by atoms with Crippen LogP contribution in [0.25, 0.3) is 0 Å². The molecular formula is C16H11ClO3. The highest BCUT2D eigenvalue weighted by molar-refractivity contribution is 6.30. The molecule has 0 unspecified atom stereocenters. The van der Waals surface area contributed by atoms with Crippen LogP contribution in [0.1, 0.15) is 15.9 Å². The van der Waals surface area contributed by atoms with Gasteiger partial charge in [-0.05, 0) is 48.4 Å². The lowest BCUT2D eigenvalue weighted by Crippen LogP contribution is -1.94. The normalized spacial score (nSPS) is 9.50. The number of rotatable bonds is 2. The van der Waals surface area contributed by atoms with E-state index in [1.54, 1.807) is 36.4 Å². The lowest BCUT2D eigenvalue weighted by Gasteiger charge is -2.02. The van der Waals surface area contributed by atoms with E-state index >= 15 is 0 Å². The number of halogens is 1. The van der Waals surface area contributed by atoms with Crippen molar-refractivity contribution in [3.05, 3.63) is 58.6 Å². The number of ether oxygens (including phenoxy) is 1. The number of Topliss-reactive ketones (excluding diaryl/α,β-unsaturated/α-hetero) is 1. The number of carbonyl (C=O) groups is 1. The molecule has 0 amide bonds. The van der Waals surface area contributed by atoms with Crippen molar-refractivity contribution in [3.63, 3.8) is 0 Å². The first kappa shape index (κ1) is 14.0. The maximum Gasteiger partial charge on any atom is 0.236 e. The quantitative estimate of drug-likeness (QED) is 0.681. The summed E-state index contributed by atoms with van der Waals surface area (Å²) < 4.78 is 4.97. The van der Waals surface area contributed by atoms with E-state index < -0.39 is 0 Å². The highest BCUT2D eigenvalue weighted by Crippen LogP contribution is 2.25. The van der Waals surface area contributed by atoms with Gasteiger partial charge in [0.1, 0.15) is 0 Å². The van der Waals surface area contributed by atoms with Crippen LogP contribution in [0.5, 0.6) is 11.5 Å². The minimum atomic E-state index is -0.297. The van der Waals surface area contributed by atoms with Crippen molar-refractivity contribution < 1.29 is 14.6 Å². The molecule has 0 saturated heterocycles. The van der Waals surface area contributed by atoms with E-state index in [-0.39, 0.29) is 11.5 Å². The van der Waals surface area contributed by atoms with Crippen LogP contribution >= 0.6 is 11.6 Å². The van der Waals surface area contributed by atoms with Crippen molar-refractivity contribution in [2.24, 2.45) is 0 Å². The fraction of sp³-hybridized carbons (Fsp3) is 0.0625. The number of benzene rings is 2. The van der Waals surface area contributed by atoms with Crippen LogP contribution in [0.2, 0.25) is 5.02 Å². The largest absolute Gasteiger partial charge is 0.504 e. The summed E-state index contributed by atoms with van der Waals surface area (Å²) in [4.78, 5) is 11.9. The Labute approximate surface area is 121 Å². The molecule has 0 saturated carbocycles. The van der Waals surface area contributed by atoms with Gasteiger partial charge in [-0.1, -0.05) is 17.5 Å². The number of ketones is 1. The van der Waals surface area contributed by atoms with Crippen LogP contribution < -0.4 is 4.74 Å². The number of phenolic OH excluding ortho intramolecular Hbond substituents is 1. The topological polar surface area (TPSA) is 46.5 Å². The molecule has 2 aromatic rings. The predicted molar refractivity (Wildman–Crippen MR) is 77.3 cm³/mol. The van der Waals surface area contributed by atoms with Crippen LogP contribution in [0.15, 0.2) is 42.5 Å². The molecule has 3 nitrogen and oxygen atoms in total. The summed E-state index contributed by atoms with van der Waals surface area (Å²) in [6, 6.07) is 11.2. The van der Waals surface area contributed by atoms with Gasteiger partial charge in [-0.3, -0.25) is 4.79 Å². The third kappa shape index (κ3) is 3.31. The highest BCUT2D eigenvalue weighted by atomic mass is 35.5. The first-order valence-electron chi connectivity index (χ1n) is 5.79. The van der Waals surface area contributed by atoms with Crippen molar-refractivity contribution in [3.8, 4) is 23.3 Å². The molecule has 0 fully saturated rings. The van der Waals surface area contributed by atoms with Gasteiger partial charge in [-0.2, -0.15) is 0 Å². The molecule has 0 radical (unpaired) electrons. The Morgan fingerprint density at radius 2 is 1.90 bits per heavy atom. The van der Waals surface area contributed by atoms with Crippen molar-refractivity contribution >= 4 is 17.4 Å². The monoisotopic (exact) mass is 286 g/mol. The molecule has 0 heterocycles. The van der Waals surface area contributed by atoms with Gasteiger partial charge in [0.25, 0.3) is 0 Å². The Morgan fingerprint density at radius 1 is 1.20 bits per heavy atom. The van der Waals surface area contributed by atoms with Crippen LogP contribution in [0.4, 0.5) is 0 Å². The Morgan fingerprint density at radius 3 is 2.55 bits per heavy atom. The zero-order valence-corrected chi connectivity index (χ0v) is 11.4. The number of aromatic hydroxyl groups is 1. The van der Waals surface area contributed by atoms with E-state index in [0.29, 0.717) is 21.9 Å². The van der Waals surface area contributed by atoms with Crippen molar-refractivity contribution in [1.82, 2.24) is 0 Å². The van der Waals surface area contributed by atoms with E-state index in [2.05, 4.69) is 11.8 Å². The second kappa shape index (κ2) is 6.14. The maximum atomic E-state index is 11.9. The van der Waals surface area contributed by atoms with Crippen LogP contribution in [-0.2, 0) is 0 Å². The molecule has 0 aliphatic carbocycles. The van der Waals surface area contributed by atoms with Gasteiger partial charge in [0.2, 0.25) is 5.78 Å². The molecule has 2 aromatic carbocycles. The molecule has 0 bridgehead atoms. The fourth-order valence-electron chi connectivity index (χ4n) is 1.56. The lowest BCUT2D eigenvalue weighted by atomic mass is 10.1. The average molecular weight is 287 g/mol. The van der Waals surface area contributed by atoms with Crippen molar-refractivity contribution in [1.29, 1.82) is 0 Å². The van der Waals surface area contributed by atoms with Crippen LogP contribution in [-0.4, -0.2) is 18.0 Å². The summed E-state index contributed by atoms with van der Waals surface area (Å²) in [6.07, 6.45) is 0. The predicted octanol–water partition coefficient (Wildman–Crippen LogP) is 3.29. The minimum absolute atomic E-state index is 0.0297. The zero-order chi connectivity index (χ0) is 14.5. The smallest absolute Gasteiger partial charge is 0.236 e. The van der Waals surface area contributed by atoms with Crippen molar-refractivity contribution in [2.75, 3.05) is 7.11 Å². The number of phenols is 1. The summed E-state index contributed by atoms with van der Waals surface area (Å²) in [5.41, 5.74) is 1.06. The third-order valence-electron chi connectivity index (χ3n) is 2.61. The highest BCUT2D eigenvalue weighted by Gasteiger charge is 2.03. The second-order valence-electron chi connectivity index (χ2n) is 3.97. The van der Waals surface area contributed by atoms with Gasteiger partial charge in [-0.15, -0.1) is 0 Å². The maximum absolute atomic E-state index is 11.9. The Kier molecular flexibility index (Phi) is 4.29. The third-order valence-corrected chi connectivity index (χ3v) is 2.86. The standard InChI is InChI=1S/C16H11ClO3/c1-20-16-10-11(3-9-15(16)19)2-8-14(18)12-4-6-13(17)7-5-12/h3-7,9-10,19H,1H3. The van der Waals surface area contributed by atoms with Gasteiger partial charge >= 0.3 is 0 Å². The van der Waals surface area contributed by atoms with Gasteiger partial charge in [0.05, 0.1) is 7.11 Å². The van der Waals surface area contributed by atoms with Crippen molar-refractivity contribution in [2.45, 2.75) is 0 Å². The number of methoxy groups -OCH3 is 1. The number of hydrogen-bond acceptors (Lipinski definition) is 3. The summed E-state index contributed by atoms with van der Waals surface area (Å²) >= 11 is 5.75. The van der Waals surface area contributed by atoms with Crippen LogP contribution in [0.3, 0.4) is 0 Å². The molecule has 100 valence electrons. The van der Waals surface area contributed by atoms with E-state index in [1.807, 2.05) is 0 Å². The fourth-order valence-corrected chi connectivity index (χ4v) is 1.68. The minimum Gasteiger partial charge on any atom is -0.504 e. The summed E-state index contributed by atoms with van der Waals surface area (Å²) in [7, 11) is 1.45. The number of carbonyl (C=O) groups excluding carboxylic acids is 1. The second-order valence-corrected chi connectivity index (χ2v) is 4.41. The average Bonchev–Trinajstić information content (AvgIpc) is 2.46. The zero-order valence-electron chi connectivity index (χ0n) is 10.7. The SMILES string of the molecule is COc1cc(C#CC(=O)c2ccc(Cl)cc2)ccc1O. The van der Waals surface area contributed by atoms with E-state index in [1.165, 1.54) is 13.2 Å². The molecule has 2 rings (SSSR count). The number of hydrogen-bond donors (Lipinski definition) is 1.